The summed E-state index contributed by atoms with van der Waals surface area (Å²) in [6.45, 7) is 7.15. The minimum absolute atomic E-state index is 0.193. The molecule has 2 aliphatic rings. The molecule has 1 spiro atoms. The van der Waals surface area contributed by atoms with Crippen LogP contribution in [0.2, 0.25) is 0 Å². The van der Waals surface area contributed by atoms with E-state index in [4.69, 9.17) is 15.9 Å². The first kappa shape index (κ1) is 24.8. The quantitative estimate of drug-likeness (QED) is 0.370. The van der Waals surface area contributed by atoms with Gasteiger partial charge in [-0.2, -0.15) is 0 Å². The Hall–Kier alpha value is -3.83. The average Bonchev–Trinajstić information content (AvgIpc) is 3.52. The van der Waals surface area contributed by atoms with Crippen LogP contribution in [0.4, 0.5) is 11.5 Å². The molecule has 2 aromatic carbocycles. The molecule has 3 heterocycles. The summed E-state index contributed by atoms with van der Waals surface area (Å²) in [4.78, 5) is 25.1. The number of methoxy groups -OCH3 is 1. The number of carbonyl (C=O) groups is 1. The van der Waals surface area contributed by atoms with E-state index in [1.165, 1.54) is 6.33 Å². The van der Waals surface area contributed by atoms with Crippen molar-refractivity contribution in [3.8, 4) is 23.8 Å². The summed E-state index contributed by atoms with van der Waals surface area (Å²) in [5.41, 5.74) is 2.68. The second kappa shape index (κ2) is 10.7. The lowest BCUT2D eigenvalue weighted by Gasteiger charge is -2.24. The Kier molecular flexibility index (Phi) is 7.15. The van der Waals surface area contributed by atoms with E-state index in [1.807, 2.05) is 41.3 Å². The molecule has 0 radical (unpaired) electrons. The molecule has 0 saturated carbocycles. The van der Waals surface area contributed by atoms with Crippen molar-refractivity contribution in [3.63, 3.8) is 0 Å². The highest BCUT2D eigenvalue weighted by atomic mass is 16.5. The van der Waals surface area contributed by atoms with Gasteiger partial charge in [-0.15, -0.1) is 6.42 Å². The Morgan fingerprint density at radius 1 is 1.16 bits per heavy atom. The molecule has 192 valence electrons. The topological polar surface area (TPSA) is 79.8 Å². The van der Waals surface area contributed by atoms with E-state index in [9.17, 15) is 4.79 Å². The number of hydrogen-bond acceptors (Lipinski definition) is 7. The number of nitrogens with one attached hydrogen (secondary N) is 1. The van der Waals surface area contributed by atoms with E-state index in [0.29, 0.717) is 23.9 Å². The summed E-state index contributed by atoms with van der Waals surface area (Å²) in [6.07, 6.45) is 10.3. The van der Waals surface area contributed by atoms with Gasteiger partial charge in [-0.1, -0.05) is 12.0 Å². The van der Waals surface area contributed by atoms with E-state index in [1.54, 1.807) is 14.0 Å². The summed E-state index contributed by atoms with van der Waals surface area (Å²) < 4.78 is 11.8. The number of nitrogens with zero attached hydrogens (tertiary/aromatic N) is 4. The van der Waals surface area contributed by atoms with Crippen molar-refractivity contribution in [1.82, 2.24) is 19.8 Å². The number of anilines is 2. The summed E-state index contributed by atoms with van der Waals surface area (Å²) >= 11 is 0. The van der Waals surface area contributed by atoms with E-state index in [-0.39, 0.29) is 11.3 Å². The maximum atomic E-state index is 11.8. The predicted octanol–water partition coefficient (Wildman–Crippen LogP) is 4.08. The number of ether oxygens (including phenoxy) is 2. The van der Waals surface area contributed by atoms with Crippen LogP contribution in [0, 0.1) is 17.8 Å². The fourth-order valence-electron chi connectivity index (χ4n) is 5.49. The predicted molar refractivity (Wildman–Crippen MR) is 144 cm³/mol. The molecule has 8 nitrogen and oxygen atoms in total. The third-order valence-electron chi connectivity index (χ3n) is 7.49. The van der Waals surface area contributed by atoms with Crippen molar-refractivity contribution < 1.29 is 14.3 Å². The third-order valence-corrected chi connectivity index (χ3v) is 7.49. The van der Waals surface area contributed by atoms with Gasteiger partial charge in [0.25, 0.3) is 0 Å². The van der Waals surface area contributed by atoms with Crippen LogP contribution in [-0.4, -0.2) is 72.1 Å². The lowest BCUT2D eigenvalue weighted by Crippen LogP contribution is -2.33. The third kappa shape index (κ3) is 5.47. The largest absolute Gasteiger partial charge is 0.493 e. The number of likely N-dealkylation sites (tertiary alicyclic amines) is 2. The van der Waals surface area contributed by atoms with Gasteiger partial charge in [-0.05, 0) is 50.1 Å². The minimum atomic E-state index is 0.193. The molecule has 37 heavy (non-hydrogen) atoms. The molecule has 1 amide bonds. The molecule has 3 aromatic rings. The van der Waals surface area contributed by atoms with Gasteiger partial charge in [-0.3, -0.25) is 4.79 Å². The van der Waals surface area contributed by atoms with Gasteiger partial charge in [0.2, 0.25) is 5.91 Å². The number of aromatic nitrogens is 2. The SMILES string of the molecule is C#Cc1cccc(Nc2ncnc3cc(OC)c(OCCCN4CCC5(CCN(C(C)=O)C5)C4)cc23)c1. The van der Waals surface area contributed by atoms with Crippen molar-refractivity contribution in [2.24, 2.45) is 5.41 Å². The molecule has 8 heteroatoms. The van der Waals surface area contributed by atoms with Gasteiger partial charge in [0.05, 0.1) is 19.2 Å². The highest BCUT2D eigenvalue weighted by Gasteiger charge is 2.43. The highest BCUT2D eigenvalue weighted by Crippen LogP contribution is 2.39. The molecule has 2 aliphatic heterocycles. The molecule has 0 bridgehead atoms. The second-order valence-corrected chi connectivity index (χ2v) is 10.0. The molecule has 1 unspecified atom stereocenters. The zero-order valence-electron chi connectivity index (χ0n) is 21.5. The number of fused-ring (bicyclic) bond motifs is 1. The van der Waals surface area contributed by atoms with Crippen LogP contribution in [0.15, 0.2) is 42.7 Å². The van der Waals surface area contributed by atoms with Crippen LogP contribution >= 0.6 is 0 Å². The van der Waals surface area contributed by atoms with Crippen LogP contribution < -0.4 is 14.8 Å². The highest BCUT2D eigenvalue weighted by molar-refractivity contribution is 5.93. The number of rotatable bonds is 8. The van der Waals surface area contributed by atoms with Crippen LogP contribution in [0.3, 0.4) is 0 Å². The normalized spacial score (nSPS) is 19.3. The van der Waals surface area contributed by atoms with Gasteiger partial charge in [0.1, 0.15) is 12.1 Å². The van der Waals surface area contributed by atoms with Crippen LogP contribution in [-0.2, 0) is 4.79 Å². The van der Waals surface area contributed by atoms with Gasteiger partial charge in [0.15, 0.2) is 11.5 Å². The minimum Gasteiger partial charge on any atom is -0.493 e. The number of hydrogen-bond donors (Lipinski definition) is 1. The molecule has 1 aromatic heterocycles. The number of benzene rings is 2. The zero-order valence-corrected chi connectivity index (χ0v) is 21.5. The lowest BCUT2D eigenvalue weighted by atomic mass is 9.86. The van der Waals surface area contributed by atoms with E-state index in [2.05, 4.69) is 26.1 Å². The van der Waals surface area contributed by atoms with Crippen molar-refractivity contribution in [2.45, 2.75) is 26.2 Å². The molecule has 1 N–H and O–H groups in total. The molecular weight excluding hydrogens is 466 g/mol. The maximum Gasteiger partial charge on any atom is 0.219 e. The number of amides is 1. The molecule has 0 aliphatic carbocycles. The first-order valence-electron chi connectivity index (χ1n) is 12.8. The first-order chi connectivity index (χ1) is 18.0. The fourth-order valence-corrected chi connectivity index (χ4v) is 5.49. The lowest BCUT2D eigenvalue weighted by molar-refractivity contribution is -0.128. The van der Waals surface area contributed by atoms with Crippen molar-refractivity contribution in [2.75, 3.05) is 51.8 Å². The Bertz CT molecular complexity index is 1340. The fraction of sp³-hybridized carbons (Fsp3) is 0.414. The number of carbonyl (C=O) groups excluding carboxylic acids is 1. The van der Waals surface area contributed by atoms with Gasteiger partial charge in [-0.25, -0.2) is 9.97 Å². The summed E-state index contributed by atoms with van der Waals surface area (Å²) in [7, 11) is 1.63. The first-order valence-corrected chi connectivity index (χ1v) is 12.8. The average molecular weight is 500 g/mol. The van der Waals surface area contributed by atoms with Crippen molar-refractivity contribution >= 4 is 28.3 Å². The monoisotopic (exact) mass is 499 g/mol. The molecular formula is C29H33N5O3. The molecule has 2 fully saturated rings. The van der Waals surface area contributed by atoms with Crippen LogP contribution in [0.1, 0.15) is 31.7 Å². The summed E-state index contributed by atoms with van der Waals surface area (Å²) in [5.74, 6) is 4.82. The number of terminal acetylenes is 1. The van der Waals surface area contributed by atoms with Gasteiger partial charge < -0.3 is 24.6 Å². The Morgan fingerprint density at radius 3 is 2.81 bits per heavy atom. The van der Waals surface area contributed by atoms with Crippen LogP contribution in [0.25, 0.3) is 10.9 Å². The molecule has 1 atom stereocenters. The van der Waals surface area contributed by atoms with Crippen LogP contribution in [0.5, 0.6) is 11.5 Å². The molecule has 5 rings (SSSR count). The van der Waals surface area contributed by atoms with E-state index < -0.39 is 0 Å². The van der Waals surface area contributed by atoms with E-state index >= 15 is 0 Å². The van der Waals surface area contributed by atoms with Crippen molar-refractivity contribution in [3.05, 3.63) is 48.3 Å². The maximum absolute atomic E-state index is 11.8. The summed E-state index contributed by atoms with van der Waals surface area (Å²) in [6, 6.07) is 11.5. The Balaban J connectivity index is 1.22. The summed E-state index contributed by atoms with van der Waals surface area (Å²) in [5, 5.41) is 4.19. The van der Waals surface area contributed by atoms with Gasteiger partial charge in [0, 0.05) is 61.2 Å². The molecule has 2 saturated heterocycles. The van der Waals surface area contributed by atoms with Gasteiger partial charge >= 0.3 is 0 Å². The standard InChI is InChI=1S/C29H33N5O3/c1-4-22-7-5-8-23(15-22)32-28-24-16-27(26(36-3)17-25(24)30-20-31-28)37-14-6-11-33-12-9-29(18-33)10-13-34(19-29)21(2)35/h1,5,7-8,15-17,20H,6,9-14,18-19H2,2-3H3,(H,30,31,32). The van der Waals surface area contributed by atoms with Crippen molar-refractivity contribution in [1.29, 1.82) is 0 Å². The smallest absolute Gasteiger partial charge is 0.219 e. The zero-order chi connectivity index (χ0) is 25.8. The van der Waals surface area contributed by atoms with E-state index in [0.717, 1.165) is 74.1 Å². The Labute approximate surface area is 218 Å². The second-order valence-electron chi connectivity index (χ2n) is 10.0. The Morgan fingerprint density at radius 2 is 2.03 bits per heavy atom.